The summed E-state index contributed by atoms with van der Waals surface area (Å²) in [6.45, 7) is 3.51. The van der Waals surface area contributed by atoms with Gasteiger partial charge in [-0.25, -0.2) is 0 Å². The molecule has 1 aromatic carbocycles. The van der Waals surface area contributed by atoms with Gasteiger partial charge in [0.05, 0.1) is 0 Å². The Morgan fingerprint density at radius 1 is 1.31 bits per heavy atom. The van der Waals surface area contributed by atoms with E-state index in [0.29, 0.717) is 17.7 Å². The second-order valence-corrected chi connectivity index (χ2v) is 2.98. The van der Waals surface area contributed by atoms with Crippen molar-refractivity contribution in [2.45, 2.75) is 20.3 Å². The summed E-state index contributed by atoms with van der Waals surface area (Å²) in [6, 6.07) is 2.93. The first kappa shape index (κ1) is 9.58. The Labute approximate surface area is 77.2 Å². The van der Waals surface area contributed by atoms with E-state index in [1.165, 1.54) is 6.07 Å². The van der Waals surface area contributed by atoms with Gasteiger partial charge >= 0.3 is 0 Å². The topological polar surface area (TPSA) is 64.3 Å². The van der Waals surface area contributed by atoms with Gasteiger partial charge in [-0.2, -0.15) is 0 Å². The number of rotatable bonds is 2. The smallest absolute Gasteiger partial charge is 0.128 e. The van der Waals surface area contributed by atoms with Crippen LogP contribution in [0, 0.1) is 5.41 Å². The monoisotopic (exact) mass is 179 g/mol. The van der Waals surface area contributed by atoms with Crippen LogP contribution in [0.5, 0.6) is 11.5 Å². The van der Waals surface area contributed by atoms with Crippen molar-refractivity contribution in [1.29, 1.82) is 5.41 Å². The molecule has 0 bridgehead atoms. The first-order valence-corrected chi connectivity index (χ1v) is 4.16. The van der Waals surface area contributed by atoms with E-state index >= 15 is 0 Å². The molecule has 0 aliphatic carbocycles. The maximum Gasteiger partial charge on any atom is 0.128 e. The van der Waals surface area contributed by atoms with Gasteiger partial charge in [0, 0.05) is 17.3 Å². The van der Waals surface area contributed by atoms with E-state index in [1.807, 2.05) is 6.92 Å². The summed E-state index contributed by atoms with van der Waals surface area (Å²) >= 11 is 0. The van der Waals surface area contributed by atoms with Crippen LogP contribution in [0.25, 0.3) is 0 Å². The van der Waals surface area contributed by atoms with Gasteiger partial charge in [0.2, 0.25) is 0 Å². The number of benzene rings is 1. The molecule has 3 N–H and O–H groups in total. The molecule has 0 amide bonds. The SMILES string of the molecule is CCc1cc(C(C)=N)c(O)cc1O. The summed E-state index contributed by atoms with van der Waals surface area (Å²) in [5.74, 6) is 0.0483. The molecule has 0 radical (unpaired) electrons. The molecule has 0 spiro atoms. The molecule has 0 aliphatic rings. The molecular formula is C10H13NO2. The zero-order valence-corrected chi connectivity index (χ0v) is 7.76. The van der Waals surface area contributed by atoms with Crippen molar-refractivity contribution < 1.29 is 10.2 Å². The van der Waals surface area contributed by atoms with Crippen LogP contribution >= 0.6 is 0 Å². The third-order valence-corrected chi connectivity index (χ3v) is 1.98. The van der Waals surface area contributed by atoms with Gasteiger partial charge in [0.15, 0.2) is 0 Å². The van der Waals surface area contributed by atoms with Gasteiger partial charge < -0.3 is 15.6 Å². The van der Waals surface area contributed by atoms with E-state index in [4.69, 9.17) is 5.41 Å². The summed E-state index contributed by atoms with van der Waals surface area (Å²) in [6.07, 6.45) is 0.687. The van der Waals surface area contributed by atoms with Gasteiger partial charge in [0.25, 0.3) is 0 Å². The van der Waals surface area contributed by atoms with Crippen molar-refractivity contribution in [2.75, 3.05) is 0 Å². The Balaban J connectivity index is 3.30. The van der Waals surface area contributed by atoms with Crippen LogP contribution in [0.1, 0.15) is 25.0 Å². The second kappa shape index (κ2) is 3.47. The Bertz CT molecular complexity index is 345. The minimum absolute atomic E-state index is 0.0396. The molecular weight excluding hydrogens is 166 g/mol. The zero-order valence-electron chi connectivity index (χ0n) is 7.76. The highest BCUT2D eigenvalue weighted by Gasteiger charge is 2.08. The van der Waals surface area contributed by atoms with Gasteiger partial charge in [-0.3, -0.25) is 0 Å². The van der Waals surface area contributed by atoms with Crippen LogP contribution in [0.3, 0.4) is 0 Å². The molecule has 1 rings (SSSR count). The summed E-state index contributed by atoms with van der Waals surface area (Å²) in [5.41, 5.74) is 1.53. The highest BCUT2D eigenvalue weighted by molar-refractivity contribution is 5.99. The van der Waals surface area contributed by atoms with Gasteiger partial charge in [-0.1, -0.05) is 6.92 Å². The number of phenolic OH excluding ortho intramolecular Hbond substituents is 2. The minimum Gasteiger partial charge on any atom is -0.508 e. The predicted octanol–water partition coefficient (Wildman–Crippen LogP) is 2.05. The van der Waals surface area contributed by atoms with E-state index in [1.54, 1.807) is 13.0 Å². The van der Waals surface area contributed by atoms with Crippen LogP contribution in [0.2, 0.25) is 0 Å². The van der Waals surface area contributed by atoms with Crippen LogP contribution in [0.15, 0.2) is 12.1 Å². The second-order valence-electron chi connectivity index (χ2n) is 2.98. The highest BCUT2D eigenvalue weighted by atomic mass is 16.3. The van der Waals surface area contributed by atoms with E-state index in [2.05, 4.69) is 0 Å². The summed E-state index contributed by atoms with van der Waals surface area (Å²) in [5, 5.41) is 26.1. The number of aromatic hydroxyl groups is 2. The normalized spacial score (nSPS) is 10.0. The molecule has 3 heteroatoms. The van der Waals surface area contributed by atoms with Crippen LogP contribution in [-0.4, -0.2) is 15.9 Å². The van der Waals surface area contributed by atoms with Crippen molar-refractivity contribution in [3.63, 3.8) is 0 Å². The molecule has 0 saturated carbocycles. The van der Waals surface area contributed by atoms with E-state index < -0.39 is 0 Å². The summed E-state index contributed by atoms with van der Waals surface area (Å²) in [7, 11) is 0. The predicted molar refractivity (Wildman–Crippen MR) is 51.7 cm³/mol. The van der Waals surface area contributed by atoms with E-state index in [9.17, 15) is 10.2 Å². The third-order valence-electron chi connectivity index (χ3n) is 1.98. The van der Waals surface area contributed by atoms with Gasteiger partial charge in [0.1, 0.15) is 11.5 Å². The lowest BCUT2D eigenvalue weighted by Crippen LogP contribution is -1.95. The van der Waals surface area contributed by atoms with Gasteiger partial charge in [-0.15, -0.1) is 0 Å². The quantitative estimate of drug-likeness (QED) is 0.608. The standard InChI is InChI=1S/C10H13NO2/c1-3-7-4-8(6(2)11)10(13)5-9(7)12/h4-5,11-13H,3H2,1-2H3. The van der Waals surface area contributed by atoms with Crippen LogP contribution in [0.4, 0.5) is 0 Å². The lowest BCUT2D eigenvalue weighted by Gasteiger charge is -2.07. The fraction of sp³-hybridized carbons (Fsp3) is 0.300. The fourth-order valence-corrected chi connectivity index (χ4v) is 1.21. The van der Waals surface area contributed by atoms with E-state index in [0.717, 1.165) is 5.56 Å². The molecule has 0 atom stereocenters. The molecule has 3 nitrogen and oxygen atoms in total. The molecule has 70 valence electrons. The highest BCUT2D eigenvalue weighted by Crippen LogP contribution is 2.27. The third kappa shape index (κ3) is 1.80. The average Bonchev–Trinajstić information content (AvgIpc) is 2.03. The minimum atomic E-state index is -0.0396. The number of aryl methyl sites for hydroxylation is 1. The maximum atomic E-state index is 9.38. The molecule has 0 fully saturated rings. The number of hydrogen-bond donors (Lipinski definition) is 3. The maximum absolute atomic E-state index is 9.38. The van der Waals surface area contributed by atoms with Crippen molar-refractivity contribution in [1.82, 2.24) is 0 Å². The Morgan fingerprint density at radius 3 is 2.38 bits per heavy atom. The molecule has 0 saturated heterocycles. The molecule has 13 heavy (non-hydrogen) atoms. The van der Waals surface area contributed by atoms with Crippen molar-refractivity contribution in [2.24, 2.45) is 0 Å². The fourth-order valence-electron chi connectivity index (χ4n) is 1.21. The van der Waals surface area contributed by atoms with Gasteiger partial charge in [-0.05, 0) is 25.0 Å². The Morgan fingerprint density at radius 2 is 1.92 bits per heavy atom. The Hall–Kier alpha value is -1.51. The number of nitrogens with one attached hydrogen (secondary N) is 1. The average molecular weight is 179 g/mol. The van der Waals surface area contributed by atoms with E-state index in [-0.39, 0.29) is 11.5 Å². The van der Waals surface area contributed by atoms with Crippen molar-refractivity contribution in [3.8, 4) is 11.5 Å². The number of phenols is 2. The molecule has 1 aromatic rings. The molecule has 0 heterocycles. The first-order valence-electron chi connectivity index (χ1n) is 4.16. The zero-order chi connectivity index (χ0) is 10.0. The lowest BCUT2D eigenvalue weighted by molar-refractivity contribution is 0.445. The molecule has 0 unspecified atom stereocenters. The molecule has 0 aliphatic heterocycles. The Kier molecular flexibility index (Phi) is 2.56. The van der Waals surface area contributed by atoms with Crippen LogP contribution < -0.4 is 0 Å². The van der Waals surface area contributed by atoms with Crippen LogP contribution in [-0.2, 0) is 6.42 Å². The largest absolute Gasteiger partial charge is 0.508 e. The summed E-state index contributed by atoms with van der Waals surface area (Å²) < 4.78 is 0. The summed E-state index contributed by atoms with van der Waals surface area (Å²) in [4.78, 5) is 0. The number of hydrogen-bond acceptors (Lipinski definition) is 3. The molecule has 0 aromatic heterocycles. The van der Waals surface area contributed by atoms with Crippen molar-refractivity contribution in [3.05, 3.63) is 23.3 Å². The lowest BCUT2D eigenvalue weighted by atomic mass is 10.0. The first-order chi connectivity index (χ1) is 6.06. The van der Waals surface area contributed by atoms with Crippen molar-refractivity contribution >= 4 is 5.71 Å².